The third-order valence-corrected chi connectivity index (χ3v) is 6.74. The predicted molar refractivity (Wildman–Crippen MR) is 144 cm³/mol. The van der Waals surface area contributed by atoms with Crippen LogP contribution in [0.5, 0.6) is 11.6 Å². The van der Waals surface area contributed by atoms with Crippen molar-refractivity contribution in [2.45, 2.75) is 0 Å². The number of thioether (sulfide) groups is 1. The summed E-state index contributed by atoms with van der Waals surface area (Å²) in [6.45, 7) is -0.478. The SMILES string of the molecule is O=C(CN1C(=O)S/C(=C/c2c(Oc3nc(Cl)ncc3F)ccc3ccccc23)C1=O)Nc1ccc(Cl)cc1. The quantitative estimate of drug-likeness (QED) is 0.208. The van der Waals surface area contributed by atoms with E-state index in [0.29, 0.717) is 33.4 Å². The van der Waals surface area contributed by atoms with E-state index in [1.807, 2.05) is 12.1 Å². The van der Waals surface area contributed by atoms with Crippen molar-refractivity contribution in [2.75, 3.05) is 11.9 Å². The lowest BCUT2D eigenvalue weighted by molar-refractivity contribution is -0.127. The Morgan fingerprint density at radius 1 is 1.08 bits per heavy atom. The van der Waals surface area contributed by atoms with Crippen LogP contribution in [0.4, 0.5) is 14.9 Å². The maximum absolute atomic E-state index is 14.3. The van der Waals surface area contributed by atoms with Gasteiger partial charge in [0.15, 0.2) is 0 Å². The molecule has 1 saturated heterocycles. The van der Waals surface area contributed by atoms with E-state index in [1.54, 1.807) is 48.5 Å². The summed E-state index contributed by atoms with van der Waals surface area (Å²) in [4.78, 5) is 46.6. The van der Waals surface area contributed by atoms with Crippen LogP contribution in [0.15, 0.2) is 71.8 Å². The number of ether oxygens (including phenoxy) is 1. The standard InChI is InChI=1S/C26H15Cl2FN4O4S/c27-15-6-8-16(9-7-15)31-22(34)13-33-24(35)21(38-26(33)36)11-18-17-4-2-1-3-14(17)5-10-20(18)37-23-19(29)12-30-25(28)32-23/h1-12H,13H2,(H,31,34)/b21-11+. The molecule has 38 heavy (non-hydrogen) atoms. The van der Waals surface area contributed by atoms with Crippen molar-refractivity contribution in [2.24, 2.45) is 0 Å². The van der Waals surface area contributed by atoms with Crippen molar-refractivity contribution < 1.29 is 23.5 Å². The van der Waals surface area contributed by atoms with Crippen molar-refractivity contribution >= 4 is 74.6 Å². The van der Waals surface area contributed by atoms with Crippen LogP contribution in [0.25, 0.3) is 16.8 Å². The second-order valence-electron chi connectivity index (χ2n) is 7.92. The first-order valence-corrected chi connectivity index (χ1v) is 12.5. The summed E-state index contributed by atoms with van der Waals surface area (Å²) >= 11 is 12.3. The predicted octanol–water partition coefficient (Wildman–Crippen LogP) is 6.54. The number of anilines is 1. The van der Waals surface area contributed by atoms with E-state index < -0.39 is 35.3 Å². The zero-order valence-corrected chi connectivity index (χ0v) is 21.5. The second-order valence-corrected chi connectivity index (χ2v) is 9.68. The Labute approximate surface area is 229 Å². The molecule has 4 aromatic rings. The topological polar surface area (TPSA) is 101 Å². The number of carbonyl (C=O) groups excluding carboxylic acids is 3. The minimum absolute atomic E-state index is 0.0664. The van der Waals surface area contributed by atoms with Gasteiger partial charge in [0.2, 0.25) is 17.0 Å². The number of imide groups is 1. The normalized spacial score (nSPS) is 14.4. The van der Waals surface area contributed by atoms with Gasteiger partial charge in [0, 0.05) is 16.3 Å². The van der Waals surface area contributed by atoms with E-state index in [2.05, 4.69) is 15.3 Å². The summed E-state index contributed by atoms with van der Waals surface area (Å²) in [6, 6.07) is 17.0. The third kappa shape index (κ3) is 5.47. The number of benzene rings is 3. The number of carbonyl (C=O) groups is 3. The molecule has 0 unspecified atom stereocenters. The van der Waals surface area contributed by atoms with Gasteiger partial charge in [0.25, 0.3) is 17.0 Å². The van der Waals surface area contributed by atoms with Crippen LogP contribution in [-0.4, -0.2) is 38.5 Å². The third-order valence-electron chi connectivity index (χ3n) is 5.40. The monoisotopic (exact) mass is 568 g/mol. The van der Waals surface area contributed by atoms with E-state index in [1.165, 1.54) is 6.08 Å². The van der Waals surface area contributed by atoms with Crippen LogP contribution >= 0.6 is 35.0 Å². The van der Waals surface area contributed by atoms with Crippen LogP contribution in [0.1, 0.15) is 5.56 Å². The fourth-order valence-corrected chi connectivity index (χ4v) is 4.74. The molecule has 3 aromatic carbocycles. The molecule has 12 heteroatoms. The number of halogens is 3. The first kappa shape index (κ1) is 25.7. The van der Waals surface area contributed by atoms with Gasteiger partial charge in [-0.25, -0.2) is 4.98 Å². The Bertz CT molecular complexity index is 1630. The van der Waals surface area contributed by atoms with Gasteiger partial charge >= 0.3 is 0 Å². The fourth-order valence-electron chi connectivity index (χ4n) is 3.67. The summed E-state index contributed by atoms with van der Waals surface area (Å²) < 4.78 is 20.0. The molecule has 0 aliphatic carbocycles. The van der Waals surface area contributed by atoms with Crippen molar-refractivity contribution in [3.05, 3.63) is 93.5 Å². The lowest BCUT2D eigenvalue weighted by atomic mass is 10.0. The molecule has 1 aliphatic heterocycles. The molecule has 0 saturated carbocycles. The maximum atomic E-state index is 14.3. The van der Waals surface area contributed by atoms with Crippen molar-refractivity contribution in [1.29, 1.82) is 0 Å². The molecule has 1 aromatic heterocycles. The highest BCUT2D eigenvalue weighted by molar-refractivity contribution is 8.18. The molecule has 1 fully saturated rings. The number of fused-ring (bicyclic) bond motifs is 1. The molecule has 5 rings (SSSR count). The smallest absolute Gasteiger partial charge is 0.294 e. The van der Waals surface area contributed by atoms with Gasteiger partial charge in [-0.1, -0.05) is 41.9 Å². The Balaban J connectivity index is 1.45. The van der Waals surface area contributed by atoms with E-state index in [9.17, 15) is 18.8 Å². The molecule has 0 spiro atoms. The van der Waals surface area contributed by atoms with Crippen molar-refractivity contribution in [3.8, 4) is 11.6 Å². The molecule has 0 radical (unpaired) electrons. The van der Waals surface area contributed by atoms with E-state index in [0.717, 1.165) is 16.5 Å². The molecular weight excluding hydrogens is 554 g/mol. The second kappa shape index (κ2) is 10.8. The minimum atomic E-state index is -0.833. The fraction of sp³-hybridized carbons (Fsp3) is 0.0385. The number of nitrogens with one attached hydrogen (secondary N) is 1. The summed E-state index contributed by atoms with van der Waals surface area (Å²) in [5, 5.41) is 3.80. The van der Waals surface area contributed by atoms with Gasteiger partial charge in [0.05, 0.1) is 11.1 Å². The minimum Gasteiger partial charge on any atom is -0.436 e. The molecule has 1 aliphatic rings. The van der Waals surface area contributed by atoms with Gasteiger partial charge in [0.1, 0.15) is 12.3 Å². The molecule has 3 amide bonds. The van der Waals surface area contributed by atoms with Gasteiger partial charge in [-0.05, 0) is 70.5 Å². The van der Waals surface area contributed by atoms with Crippen LogP contribution < -0.4 is 10.1 Å². The van der Waals surface area contributed by atoms with Crippen LogP contribution in [0.3, 0.4) is 0 Å². The molecule has 190 valence electrons. The zero-order chi connectivity index (χ0) is 26.8. The van der Waals surface area contributed by atoms with Crippen LogP contribution in [-0.2, 0) is 9.59 Å². The lowest BCUT2D eigenvalue weighted by Crippen LogP contribution is -2.36. The Kier molecular flexibility index (Phi) is 7.28. The van der Waals surface area contributed by atoms with E-state index in [-0.39, 0.29) is 15.9 Å². The number of aromatic nitrogens is 2. The lowest BCUT2D eigenvalue weighted by Gasteiger charge is -2.13. The highest BCUT2D eigenvalue weighted by atomic mass is 35.5. The van der Waals surface area contributed by atoms with E-state index in [4.69, 9.17) is 27.9 Å². The number of hydrogen-bond donors (Lipinski definition) is 1. The zero-order valence-electron chi connectivity index (χ0n) is 19.2. The Morgan fingerprint density at radius 3 is 2.63 bits per heavy atom. The first-order valence-electron chi connectivity index (χ1n) is 11.0. The summed E-state index contributed by atoms with van der Waals surface area (Å²) in [5.74, 6) is -2.27. The van der Waals surface area contributed by atoms with E-state index >= 15 is 0 Å². The largest absolute Gasteiger partial charge is 0.436 e. The van der Waals surface area contributed by atoms with Gasteiger partial charge in [-0.15, -0.1) is 0 Å². The first-order chi connectivity index (χ1) is 18.3. The molecule has 0 atom stereocenters. The van der Waals surface area contributed by atoms with Gasteiger partial charge in [-0.3, -0.25) is 19.3 Å². The molecule has 2 heterocycles. The van der Waals surface area contributed by atoms with Crippen molar-refractivity contribution in [1.82, 2.24) is 14.9 Å². The highest BCUT2D eigenvalue weighted by Crippen LogP contribution is 2.38. The van der Waals surface area contributed by atoms with Gasteiger partial charge < -0.3 is 10.1 Å². The highest BCUT2D eigenvalue weighted by Gasteiger charge is 2.36. The number of amides is 3. The van der Waals surface area contributed by atoms with Crippen LogP contribution in [0.2, 0.25) is 10.3 Å². The average molecular weight is 569 g/mol. The number of rotatable bonds is 6. The van der Waals surface area contributed by atoms with Crippen molar-refractivity contribution in [3.63, 3.8) is 0 Å². The number of hydrogen-bond acceptors (Lipinski definition) is 7. The molecule has 1 N–H and O–H groups in total. The molecular formula is C26H15Cl2FN4O4S. The van der Waals surface area contributed by atoms with Crippen LogP contribution in [0, 0.1) is 5.82 Å². The Morgan fingerprint density at radius 2 is 1.84 bits per heavy atom. The van der Waals surface area contributed by atoms with Gasteiger partial charge in [-0.2, -0.15) is 9.37 Å². The summed E-state index contributed by atoms with van der Waals surface area (Å²) in [5.41, 5.74) is 0.880. The molecule has 0 bridgehead atoms. The number of nitrogens with zero attached hydrogens (tertiary/aromatic N) is 3. The summed E-state index contributed by atoms with van der Waals surface area (Å²) in [6.07, 6.45) is 2.35. The molecule has 8 nitrogen and oxygen atoms in total. The summed E-state index contributed by atoms with van der Waals surface area (Å²) in [7, 11) is 0. The average Bonchev–Trinajstić information content (AvgIpc) is 3.16. The Hall–Kier alpha value is -3.99. The maximum Gasteiger partial charge on any atom is 0.294 e.